The predicted octanol–water partition coefficient (Wildman–Crippen LogP) is 3.08. The van der Waals surface area contributed by atoms with Crippen LogP contribution in [0.15, 0.2) is 91.1 Å². The van der Waals surface area contributed by atoms with Crippen molar-refractivity contribution in [3.8, 4) is 16.9 Å². The van der Waals surface area contributed by atoms with E-state index in [0.29, 0.717) is 12.1 Å². The van der Waals surface area contributed by atoms with Crippen LogP contribution >= 0.6 is 0 Å². The Morgan fingerprint density at radius 3 is 2.19 bits per heavy atom. The van der Waals surface area contributed by atoms with Gasteiger partial charge in [0.05, 0.1) is 11.9 Å². The molecular formula is C23H20N6O2. The molecule has 0 aliphatic carbocycles. The molecule has 0 atom stereocenters. The number of amides is 3. The van der Waals surface area contributed by atoms with E-state index in [4.69, 9.17) is 0 Å². The Labute approximate surface area is 178 Å². The predicted molar refractivity (Wildman–Crippen MR) is 116 cm³/mol. The van der Waals surface area contributed by atoms with Crippen molar-refractivity contribution in [2.24, 2.45) is 0 Å². The summed E-state index contributed by atoms with van der Waals surface area (Å²) in [5, 5.41) is 11.0. The van der Waals surface area contributed by atoms with Crippen LogP contribution in [-0.4, -0.2) is 26.9 Å². The second kappa shape index (κ2) is 9.36. The highest BCUT2D eigenvalue weighted by Gasteiger charge is 2.09. The molecule has 3 aromatic carbocycles. The molecule has 3 N–H and O–H groups in total. The fraction of sp³-hybridized carbons (Fsp3) is 0.0435. The van der Waals surface area contributed by atoms with Crippen LogP contribution in [0.2, 0.25) is 0 Å². The highest BCUT2D eigenvalue weighted by atomic mass is 16.2. The van der Waals surface area contributed by atoms with Crippen molar-refractivity contribution in [3.05, 3.63) is 102 Å². The number of carbonyl (C=O) groups excluding carboxylic acids is 2. The van der Waals surface area contributed by atoms with Gasteiger partial charge in [0.1, 0.15) is 5.69 Å². The molecule has 0 radical (unpaired) electrons. The maximum absolute atomic E-state index is 12.3. The van der Waals surface area contributed by atoms with E-state index in [1.54, 1.807) is 28.9 Å². The highest BCUT2D eigenvalue weighted by Crippen LogP contribution is 2.17. The summed E-state index contributed by atoms with van der Waals surface area (Å²) in [7, 11) is 0. The largest absolute Gasteiger partial charge is 0.333 e. The average Bonchev–Trinajstić information content (AvgIpc) is 3.33. The van der Waals surface area contributed by atoms with E-state index in [1.807, 2.05) is 66.9 Å². The van der Waals surface area contributed by atoms with Crippen molar-refractivity contribution in [3.63, 3.8) is 0 Å². The Kier molecular flexibility index (Phi) is 5.99. The summed E-state index contributed by atoms with van der Waals surface area (Å²) in [5.74, 6) is -0.426. The minimum Gasteiger partial charge on any atom is -0.333 e. The zero-order chi connectivity index (χ0) is 21.5. The summed E-state index contributed by atoms with van der Waals surface area (Å²) in [6, 6.07) is 25.6. The number of hydrogen-bond donors (Lipinski definition) is 3. The molecular weight excluding hydrogens is 392 g/mol. The zero-order valence-corrected chi connectivity index (χ0v) is 16.5. The lowest BCUT2D eigenvalue weighted by Gasteiger charge is -2.09. The van der Waals surface area contributed by atoms with E-state index in [-0.39, 0.29) is 0 Å². The summed E-state index contributed by atoms with van der Waals surface area (Å²) < 4.78 is 1.64. The molecule has 1 aromatic heterocycles. The third kappa shape index (κ3) is 5.13. The maximum atomic E-state index is 12.3. The van der Waals surface area contributed by atoms with E-state index < -0.39 is 11.9 Å². The van der Waals surface area contributed by atoms with Crippen molar-refractivity contribution in [2.45, 2.75) is 6.54 Å². The molecule has 8 nitrogen and oxygen atoms in total. The Hall–Kier alpha value is -4.46. The maximum Gasteiger partial charge on any atom is 0.333 e. The first-order chi connectivity index (χ1) is 15.2. The van der Waals surface area contributed by atoms with E-state index in [9.17, 15) is 9.59 Å². The van der Waals surface area contributed by atoms with Crippen LogP contribution in [0.25, 0.3) is 16.9 Å². The number of rotatable bonds is 5. The van der Waals surface area contributed by atoms with Gasteiger partial charge in [-0.25, -0.2) is 14.9 Å². The molecule has 154 valence electrons. The Balaban J connectivity index is 1.31. The number of nitrogens with one attached hydrogen (secondary N) is 3. The van der Waals surface area contributed by atoms with Crippen molar-refractivity contribution in [1.82, 2.24) is 31.2 Å². The minimum atomic E-state index is -0.495. The molecule has 3 amide bonds. The number of hydrogen-bond acceptors (Lipinski definition) is 4. The number of benzene rings is 3. The van der Waals surface area contributed by atoms with Gasteiger partial charge < -0.3 is 5.32 Å². The molecule has 4 rings (SSSR count). The number of carbonyl (C=O) groups is 2. The van der Waals surface area contributed by atoms with Crippen LogP contribution in [0.4, 0.5) is 4.79 Å². The molecule has 1 heterocycles. The van der Waals surface area contributed by atoms with Crippen LogP contribution in [0, 0.1) is 0 Å². The average molecular weight is 412 g/mol. The summed E-state index contributed by atoms with van der Waals surface area (Å²) in [4.78, 5) is 24.1. The van der Waals surface area contributed by atoms with Gasteiger partial charge in [0.25, 0.3) is 5.91 Å². The van der Waals surface area contributed by atoms with Gasteiger partial charge in [0.2, 0.25) is 0 Å². The van der Waals surface area contributed by atoms with Crippen LogP contribution in [0.5, 0.6) is 0 Å². The minimum absolute atomic E-state index is 0.361. The summed E-state index contributed by atoms with van der Waals surface area (Å²) in [6.07, 6.45) is 1.82. The number of urea groups is 1. The van der Waals surface area contributed by atoms with E-state index in [1.165, 1.54) is 0 Å². The third-order valence-electron chi connectivity index (χ3n) is 4.54. The molecule has 0 fully saturated rings. The van der Waals surface area contributed by atoms with E-state index in [0.717, 1.165) is 22.5 Å². The van der Waals surface area contributed by atoms with Gasteiger partial charge in [-0.1, -0.05) is 65.9 Å². The quantitative estimate of drug-likeness (QED) is 0.439. The van der Waals surface area contributed by atoms with E-state index in [2.05, 4.69) is 26.5 Å². The smallest absolute Gasteiger partial charge is 0.333 e. The second-order valence-electron chi connectivity index (χ2n) is 6.71. The lowest BCUT2D eigenvalue weighted by molar-refractivity contribution is 0.0936. The van der Waals surface area contributed by atoms with Crippen molar-refractivity contribution in [2.75, 3.05) is 0 Å². The molecule has 0 spiro atoms. The normalized spacial score (nSPS) is 10.3. The van der Waals surface area contributed by atoms with Gasteiger partial charge in [-0.15, -0.1) is 5.10 Å². The molecule has 0 saturated carbocycles. The number of aromatic nitrogens is 3. The molecule has 31 heavy (non-hydrogen) atoms. The molecule has 0 aliphatic rings. The second-order valence-corrected chi connectivity index (χ2v) is 6.71. The topological polar surface area (TPSA) is 101 Å². The fourth-order valence-electron chi connectivity index (χ4n) is 2.90. The first-order valence-corrected chi connectivity index (χ1v) is 9.65. The van der Waals surface area contributed by atoms with Crippen LogP contribution in [0.1, 0.15) is 15.9 Å². The van der Waals surface area contributed by atoms with Crippen LogP contribution in [0.3, 0.4) is 0 Å². The summed E-state index contributed by atoms with van der Waals surface area (Å²) >= 11 is 0. The monoisotopic (exact) mass is 412 g/mol. The lowest BCUT2D eigenvalue weighted by Crippen LogP contribution is -2.46. The Bertz CT molecular complexity index is 1160. The van der Waals surface area contributed by atoms with Gasteiger partial charge in [-0.05, 0) is 29.8 Å². The van der Waals surface area contributed by atoms with Gasteiger partial charge >= 0.3 is 6.03 Å². The number of hydrazine groups is 1. The molecule has 0 aliphatic heterocycles. The fourth-order valence-corrected chi connectivity index (χ4v) is 2.90. The first-order valence-electron chi connectivity index (χ1n) is 9.65. The van der Waals surface area contributed by atoms with Gasteiger partial charge in [-0.3, -0.25) is 10.2 Å². The van der Waals surface area contributed by atoms with Crippen molar-refractivity contribution >= 4 is 11.9 Å². The van der Waals surface area contributed by atoms with Crippen molar-refractivity contribution < 1.29 is 9.59 Å². The standard InChI is InChI=1S/C23H20N6O2/c30-22(26-27-23(31)24-15-17-7-3-1-4-8-17)19-11-13-20(14-12-19)29-16-21(25-28-29)18-9-5-2-6-10-18/h1-14,16H,15H2,(H,26,30)(H2,24,27,31). The Morgan fingerprint density at radius 2 is 1.48 bits per heavy atom. The number of nitrogens with zero attached hydrogens (tertiary/aromatic N) is 3. The summed E-state index contributed by atoms with van der Waals surface area (Å²) in [6.45, 7) is 0.361. The molecule has 0 bridgehead atoms. The SMILES string of the molecule is O=C(NCc1ccccc1)NNC(=O)c1ccc(-n2cc(-c3ccccc3)nn2)cc1. The Morgan fingerprint density at radius 1 is 0.806 bits per heavy atom. The first kappa shape index (κ1) is 19.8. The highest BCUT2D eigenvalue weighted by molar-refractivity contribution is 5.95. The molecule has 4 aromatic rings. The van der Waals surface area contributed by atoms with Gasteiger partial charge in [0.15, 0.2) is 0 Å². The van der Waals surface area contributed by atoms with Gasteiger partial charge in [0, 0.05) is 17.7 Å². The van der Waals surface area contributed by atoms with E-state index >= 15 is 0 Å². The molecule has 0 saturated heterocycles. The van der Waals surface area contributed by atoms with Crippen molar-refractivity contribution in [1.29, 1.82) is 0 Å². The van der Waals surface area contributed by atoms with Crippen LogP contribution < -0.4 is 16.2 Å². The molecule has 8 heteroatoms. The lowest BCUT2D eigenvalue weighted by atomic mass is 10.2. The van der Waals surface area contributed by atoms with Crippen LogP contribution in [-0.2, 0) is 6.54 Å². The zero-order valence-electron chi connectivity index (χ0n) is 16.5. The molecule has 0 unspecified atom stereocenters. The van der Waals surface area contributed by atoms with Gasteiger partial charge in [-0.2, -0.15) is 0 Å². The third-order valence-corrected chi connectivity index (χ3v) is 4.54. The summed E-state index contributed by atoms with van der Waals surface area (Å²) in [5.41, 5.74) is 8.58.